The van der Waals surface area contributed by atoms with Gasteiger partial charge in [0.2, 0.25) is 0 Å². The molecular weight excluding hydrogens is 166 g/mol. The topological polar surface area (TPSA) is 49.3 Å². The van der Waals surface area contributed by atoms with Crippen LogP contribution < -0.4 is 5.48 Å². The van der Waals surface area contributed by atoms with Gasteiger partial charge in [0, 0.05) is 5.56 Å². The quantitative estimate of drug-likeness (QED) is 0.528. The summed E-state index contributed by atoms with van der Waals surface area (Å²) >= 11 is 5.18. The lowest BCUT2D eigenvalue weighted by Gasteiger charge is -1.98. The van der Waals surface area contributed by atoms with Gasteiger partial charge in [0.05, 0.1) is 5.69 Å². The number of nitrogens with one attached hydrogen (secondary N) is 1. The van der Waals surface area contributed by atoms with E-state index >= 15 is 0 Å². The second-order valence-electron chi connectivity index (χ2n) is 1.97. The molecule has 1 aromatic carbocycles. The largest absolute Gasteiger partial charge is 0.291 e. The first-order chi connectivity index (χ1) is 5.24. The van der Waals surface area contributed by atoms with E-state index in [1.807, 2.05) is 5.48 Å². The van der Waals surface area contributed by atoms with Crippen molar-refractivity contribution in [1.29, 1.82) is 0 Å². The van der Waals surface area contributed by atoms with Crippen LogP contribution in [0.15, 0.2) is 24.3 Å². The van der Waals surface area contributed by atoms with Gasteiger partial charge in [-0.2, -0.15) is 0 Å². The van der Waals surface area contributed by atoms with Crippen LogP contribution in [0, 0.1) is 0 Å². The Morgan fingerprint density at radius 2 is 2.27 bits per heavy atom. The maximum absolute atomic E-state index is 10.6. The standard InChI is InChI=1S/C7H6ClNO2/c8-7(10)5-2-1-3-6(4-5)9-11/h1-4,9,11H. The number of carbonyl (C=O) groups is 1. The van der Waals surface area contributed by atoms with Crippen molar-refractivity contribution in [2.45, 2.75) is 0 Å². The summed E-state index contributed by atoms with van der Waals surface area (Å²) in [5.74, 6) is 0. The Morgan fingerprint density at radius 1 is 1.55 bits per heavy atom. The fourth-order valence-corrected chi connectivity index (χ4v) is 0.829. The van der Waals surface area contributed by atoms with Crippen LogP contribution in [0.25, 0.3) is 0 Å². The lowest BCUT2D eigenvalue weighted by Crippen LogP contribution is -1.92. The normalized spacial score (nSPS) is 9.27. The third kappa shape index (κ3) is 1.93. The molecule has 4 heteroatoms. The molecule has 0 aliphatic heterocycles. The van der Waals surface area contributed by atoms with Gasteiger partial charge in [0.15, 0.2) is 0 Å². The molecule has 11 heavy (non-hydrogen) atoms. The molecule has 0 aromatic heterocycles. The van der Waals surface area contributed by atoms with Crippen molar-refractivity contribution in [1.82, 2.24) is 0 Å². The smallest absolute Gasteiger partial charge is 0.252 e. The van der Waals surface area contributed by atoms with E-state index in [1.54, 1.807) is 18.2 Å². The highest BCUT2D eigenvalue weighted by Crippen LogP contribution is 2.11. The number of anilines is 1. The Morgan fingerprint density at radius 3 is 2.82 bits per heavy atom. The molecule has 0 heterocycles. The summed E-state index contributed by atoms with van der Waals surface area (Å²) in [6.45, 7) is 0. The van der Waals surface area contributed by atoms with Crippen molar-refractivity contribution in [2.24, 2.45) is 0 Å². The van der Waals surface area contributed by atoms with Crippen LogP contribution in [0.3, 0.4) is 0 Å². The van der Waals surface area contributed by atoms with Gasteiger partial charge >= 0.3 is 0 Å². The molecular formula is C7H6ClNO2. The van der Waals surface area contributed by atoms with E-state index in [4.69, 9.17) is 16.8 Å². The molecule has 58 valence electrons. The molecule has 0 aliphatic rings. The molecule has 0 radical (unpaired) electrons. The number of halogens is 1. The Bertz CT molecular complexity index is 275. The first kappa shape index (κ1) is 8.04. The minimum absolute atomic E-state index is 0.353. The number of benzene rings is 1. The highest BCUT2D eigenvalue weighted by Gasteiger charge is 2.00. The second kappa shape index (κ2) is 3.37. The van der Waals surface area contributed by atoms with Crippen molar-refractivity contribution in [2.75, 3.05) is 5.48 Å². The third-order valence-corrected chi connectivity index (χ3v) is 1.44. The molecule has 2 N–H and O–H groups in total. The van der Waals surface area contributed by atoms with E-state index in [9.17, 15) is 4.79 Å². The highest BCUT2D eigenvalue weighted by molar-refractivity contribution is 6.67. The number of hydrogen-bond donors (Lipinski definition) is 2. The van der Waals surface area contributed by atoms with Crippen molar-refractivity contribution in [3.8, 4) is 0 Å². The molecule has 1 rings (SSSR count). The molecule has 0 aliphatic carbocycles. The van der Waals surface area contributed by atoms with E-state index in [1.165, 1.54) is 6.07 Å². The Labute approximate surface area is 68.6 Å². The highest BCUT2D eigenvalue weighted by atomic mass is 35.5. The maximum atomic E-state index is 10.6. The summed E-state index contributed by atoms with van der Waals surface area (Å²) in [4.78, 5) is 10.6. The van der Waals surface area contributed by atoms with Crippen molar-refractivity contribution < 1.29 is 10.0 Å². The van der Waals surface area contributed by atoms with Gasteiger partial charge in [0.1, 0.15) is 0 Å². The van der Waals surface area contributed by atoms with Gasteiger partial charge in [-0.15, -0.1) is 0 Å². The van der Waals surface area contributed by atoms with Gasteiger partial charge in [-0.1, -0.05) is 6.07 Å². The summed E-state index contributed by atoms with van der Waals surface area (Å²) in [5, 5.41) is 7.90. The lowest BCUT2D eigenvalue weighted by atomic mass is 10.2. The zero-order chi connectivity index (χ0) is 8.27. The van der Waals surface area contributed by atoms with Crippen molar-refractivity contribution in [3.05, 3.63) is 29.8 Å². The van der Waals surface area contributed by atoms with E-state index in [0.29, 0.717) is 11.3 Å². The minimum Gasteiger partial charge on any atom is -0.291 e. The maximum Gasteiger partial charge on any atom is 0.252 e. The van der Waals surface area contributed by atoms with Gasteiger partial charge in [0.25, 0.3) is 5.24 Å². The summed E-state index contributed by atoms with van der Waals surface area (Å²) in [6.07, 6.45) is 0. The molecule has 0 saturated heterocycles. The predicted molar refractivity (Wildman–Crippen MR) is 42.0 cm³/mol. The van der Waals surface area contributed by atoms with Crippen LogP contribution in [-0.4, -0.2) is 10.4 Å². The van der Waals surface area contributed by atoms with Gasteiger partial charge in [-0.3, -0.25) is 15.5 Å². The zero-order valence-corrected chi connectivity index (χ0v) is 6.30. The van der Waals surface area contributed by atoms with E-state index < -0.39 is 5.24 Å². The number of rotatable bonds is 2. The second-order valence-corrected chi connectivity index (χ2v) is 2.31. The Balaban J connectivity index is 3.01. The molecule has 0 spiro atoms. The van der Waals surface area contributed by atoms with E-state index in [-0.39, 0.29) is 0 Å². The first-order valence-electron chi connectivity index (χ1n) is 2.94. The first-order valence-corrected chi connectivity index (χ1v) is 3.32. The third-order valence-electron chi connectivity index (χ3n) is 1.22. The number of hydrogen-bond acceptors (Lipinski definition) is 3. The summed E-state index contributed by atoms with van der Waals surface area (Å²) < 4.78 is 0. The molecule has 3 nitrogen and oxygen atoms in total. The average molecular weight is 172 g/mol. The SMILES string of the molecule is O=C(Cl)c1cccc(NO)c1. The van der Waals surface area contributed by atoms with Crippen LogP contribution in [0.2, 0.25) is 0 Å². The fourth-order valence-electron chi connectivity index (χ4n) is 0.711. The average Bonchev–Trinajstić information content (AvgIpc) is 2.05. The summed E-state index contributed by atoms with van der Waals surface area (Å²) in [7, 11) is 0. The molecule has 0 atom stereocenters. The summed E-state index contributed by atoms with van der Waals surface area (Å²) in [6, 6.07) is 6.25. The molecule has 0 fully saturated rings. The molecule has 0 saturated carbocycles. The lowest BCUT2D eigenvalue weighted by molar-refractivity contribution is 0.108. The molecule has 0 bridgehead atoms. The van der Waals surface area contributed by atoms with Gasteiger partial charge in [-0.25, -0.2) is 0 Å². The molecule has 0 amide bonds. The van der Waals surface area contributed by atoms with Crippen LogP contribution >= 0.6 is 11.6 Å². The molecule has 1 aromatic rings. The van der Waals surface area contributed by atoms with E-state index in [0.717, 1.165) is 0 Å². The van der Waals surface area contributed by atoms with Crippen molar-refractivity contribution in [3.63, 3.8) is 0 Å². The fraction of sp³-hybridized carbons (Fsp3) is 0. The Hall–Kier alpha value is -1.06. The molecule has 0 unspecified atom stereocenters. The Kier molecular flexibility index (Phi) is 2.46. The minimum atomic E-state index is -0.540. The number of carbonyl (C=O) groups excluding carboxylic acids is 1. The van der Waals surface area contributed by atoms with Crippen LogP contribution in [0.5, 0.6) is 0 Å². The predicted octanol–water partition coefficient (Wildman–Crippen LogP) is 1.87. The monoisotopic (exact) mass is 171 g/mol. The summed E-state index contributed by atoms with van der Waals surface area (Å²) in [5.41, 5.74) is 2.71. The van der Waals surface area contributed by atoms with Crippen LogP contribution in [0.1, 0.15) is 10.4 Å². The van der Waals surface area contributed by atoms with Gasteiger partial charge < -0.3 is 0 Å². The zero-order valence-electron chi connectivity index (χ0n) is 5.54. The van der Waals surface area contributed by atoms with E-state index in [2.05, 4.69) is 0 Å². The van der Waals surface area contributed by atoms with Crippen molar-refractivity contribution >= 4 is 22.5 Å². The van der Waals surface area contributed by atoms with Crippen LogP contribution in [-0.2, 0) is 0 Å². The van der Waals surface area contributed by atoms with Gasteiger partial charge in [-0.05, 0) is 29.8 Å². The van der Waals surface area contributed by atoms with Crippen LogP contribution in [0.4, 0.5) is 5.69 Å².